The molecule has 0 spiro atoms. The molecule has 2 unspecified atom stereocenters. The van der Waals surface area contributed by atoms with Gasteiger partial charge in [0.25, 0.3) is 0 Å². The van der Waals surface area contributed by atoms with Crippen molar-refractivity contribution in [3.63, 3.8) is 0 Å². The number of nitro groups is 1. The van der Waals surface area contributed by atoms with Gasteiger partial charge in [0.2, 0.25) is 5.91 Å². The van der Waals surface area contributed by atoms with Crippen molar-refractivity contribution in [3.05, 3.63) is 33.9 Å². The van der Waals surface area contributed by atoms with Crippen LogP contribution in [0, 0.1) is 16.0 Å². The lowest BCUT2D eigenvalue weighted by Crippen LogP contribution is -2.45. The van der Waals surface area contributed by atoms with Crippen molar-refractivity contribution in [3.8, 4) is 5.75 Å². The highest BCUT2D eigenvalue weighted by molar-refractivity contribution is 7.99. The number of rotatable bonds is 7. The first-order valence-electron chi connectivity index (χ1n) is 8.34. The first kappa shape index (κ1) is 19.5. The number of benzene rings is 1. The molecule has 2 rings (SSSR count). The van der Waals surface area contributed by atoms with Crippen LogP contribution in [-0.4, -0.2) is 47.7 Å². The van der Waals surface area contributed by atoms with Crippen LogP contribution in [0.1, 0.15) is 25.3 Å². The van der Waals surface area contributed by atoms with Crippen molar-refractivity contribution < 1.29 is 14.5 Å². The Kier molecular flexibility index (Phi) is 7.07. The zero-order chi connectivity index (χ0) is 18.4. The average molecular weight is 367 g/mol. The third-order valence-corrected chi connectivity index (χ3v) is 5.48. The Morgan fingerprint density at radius 1 is 1.56 bits per heavy atom. The molecule has 0 aromatic heterocycles. The van der Waals surface area contributed by atoms with Gasteiger partial charge in [-0.3, -0.25) is 14.9 Å². The number of hydrogen-bond acceptors (Lipinski definition) is 6. The predicted octanol–water partition coefficient (Wildman–Crippen LogP) is 2.42. The minimum absolute atomic E-state index is 0.0530. The second kappa shape index (κ2) is 9.05. The summed E-state index contributed by atoms with van der Waals surface area (Å²) in [6.45, 7) is 3.51. The molecule has 0 aliphatic carbocycles. The van der Waals surface area contributed by atoms with E-state index in [9.17, 15) is 14.9 Å². The van der Waals surface area contributed by atoms with E-state index < -0.39 is 4.92 Å². The maximum Gasteiger partial charge on any atom is 0.311 e. The van der Waals surface area contributed by atoms with E-state index in [0.717, 1.165) is 31.5 Å². The predicted molar refractivity (Wildman–Crippen MR) is 98.8 cm³/mol. The molecule has 0 saturated carbocycles. The Hall–Kier alpha value is -1.80. The normalized spacial score (nSPS) is 18.7. The van der Waals surface area contributed by atoms with E-state index in [4.69, 9.17) is 10.5 Å². The highest BCUT2D eigenvalue weighted by Crippen LogP contribution is 2.29. The summed E-state index contributed by atoms with van der Waals surface area (Å²) in [6.07, 6.45) is 2.07. The van der Waals surface area contributed by atoms with E-state index in [2.05, 4.69) is 0 Å². The summed E-state index contributed by atoms with van der Waals surface area (Å²) in [5.41, 5.74) is 6.71. The number of nitrogens with zero attached hydrogens (tertiary/aromatic N) is 2. The van der Waals surface area contributed by atoms with E-state index in [-0.39, 0.29) is 23.4 Å². The van der Waals surface area contributed by atoms with Gasteiger partial charge in [-0.25, -0.2) is 0 Å². The molecule has 1 aromatic rings. The molecule has 2 N–H and O–H groups in total. The van der Waals surface area contributed by atoms with E-state index in [1.807, 2.05) is 11.8 Å². The minimum Gasteiger partial charge on any atom is -0.490 e. The molecule has 1 heterocycles. The lowest BCUT2D eigenvalue weighted by molar-refractivity contribution is -0.385. The summed E-state index contributed by atoms with van der Waals surface area (Å²) in [4.78, 5) is 24.9. The van der Waals surface area contributed by atoms with Gasteiger partial charge in [0.05, 0.1) is 17.8 Å². The van der Waals surface area contributed by atoms with E-state index >= 15 is 0 Å². The molecule has 138 valence electrons. The monoisotopic (exact) mass is 367 g/mol. The number of likely N-dealkylation sites (tertiary alicyclic amines) is 1. The summed E-state index contributed by atoms with van der Waals surface area (Å²) in [5.74, 6) is 1.63. The first-order chi connectivity index (χ1) is 11.9. The van der Waals surface area contributed by atoms with Crippen LogP contribution in [0.25, 0.3) is 0 Å². The largest absolute Gasteiger partial charge is 0.490 e. The number of nitrogens with two attached hydrogens (primary N) is 1. The molecule has 1 saturated heterocycles. The summed E-state index contributed by atoms with van der Waals surface area (Å²) in [5, 5.41) is 11.1. The Labute approximate surface area is 152 Å². The maximum atomic E-state index is 12.4. The fraction of sp³-hybridized carbons (Fsp3) is 0.588. The Balaban J connectivity index is 1.87. The standard InChI is InChI=1S/C17H25N3O4S/c1-12(18)14-4-3-7-19(9-14)17(21)11-25-10-13-5-6-16(24-2)15(8-13)20(22)23/h5-6,8,12,14H,3-4,7,9-11,18H2,1-2H3. The minimum atomic E-state index is -0.458. The molecule has 7 nitrogen and oxygen atoms in total. The highest BCUT2D eigenvalue weighted by Gasteiger charge is 2.25. The number of methoxy groups -OCH3 is 1. The molecule has 1 fully saturated rings. The lowest BCUT2D eigenvalue weighted by atomic mass is 9.92. The fourth-order valence-electron chi connectivity index (χ4n) is 2.98. The first-order valence-corrected chi connectivity index (χ1v) is 9.50. The van der Waals surface area contributed by atoms with Crippen LogP contribution in [0.2, 0.25) is 0 Å². The Bertz CT molecular complexity index is 624. The van der Waals surface area contributed by atoms with Crippen LogP contribution in [-0.2, 0) is 10.5 Å². The van der Waals surface area contributed by atoms with Crippen molar-refractivity contribution in [2.45, 2.75) is 31.6 Å². The van der Waals surface area contributed by atoms with Gasteiger partial charge in [-0.05, 0) is 37.3 Å². The van der Waals surface area contributed by atoms with Crippen LogP contribution >= 0.6 is 11.8 Å². The molecule has 25 heavy (non-hydrogen) atoms. The molecule has 1 aliphatic rings. The van der Waals surface area contributed by atoms with Gasteiger partial charge in [-0.2, -0.15) is 0 Å². The number of amides is 1. The quantitative estimate of drug-likeness (QED) is 0.587. The third-order valence-electron chi connectivity index (χ3n) is 4.49. The van der Waals surface area contributed by atoms with Crippen molar-refractivity contribution in [1.29, 1.82) is 0 Å². The SMILES string of the molecule is COc1ccc(CSCC(=O)N2CCCC(C(C)N)C2)cc1[N+](=O)[O-]. The number of thioether (sulfide) groups is 1. The second-order valence-electron chi connectivity index (χ2n) is 6.36. The van der Waals surface area contributed by atoms with E-state index in [1.165, 1.54) is 24.9 Å². The molecular formula is C17H25N3O4S. The number of hydrogen-bond donors (Lipinski definition) is 1. The molecule has 1 aliphatic heterocycles. The molecule has 1 amide bonds. The third kappa shape index (κ3) is 5.34. The van der Waals surface area contributed by atoms with Crippen molar-refractivity contribution in [2.24, 2.45) is 11.7 Å². The van der Waals surface area contributed by atoms with Crippen LogP contribution in [0.15, 0.2) is 18.2 Å². The fourth-order valence-corrected chi connectivity index (χ4v) is 3.86. The average Bonchev–Trinajstić information content (AvgIpc) is 2.61. The van der Waals surface area contributed by atoms with Crippen molar-refractivity contribution >= 4 is 23.4 Å². The molecule has 8 heteroatoms. The maximum absolute atomic E-state index is 12.4. The summed E-state index contributed by atoms with van der Waals surface area (Å²) < 4.78 is 4.99. The van der Waals surface area contributed by atoms with Gasteiger partial charge in [0.15, 0.2) is 5.75 Å². The molecule has 0 radical (unpaired) electrons. The zero-order valence-corrected chi connectivity index (χ0v) is 15.5. The van der Waals surface area contributed by atoms with Crippen LogP contribution in [0.4, 0.5) is 5.69 Å². The number of carbonyl (C=O) groups excluding carboxylic acids is 1. The van der Waals surface area contributed by atoms with Crippen LogP contribution in [0.3, 0.4) is 0 Å². The zero-order valence-electron chi connectivity index (χ0n) is 14.6. The highest BCUT2D eigenvalue weighted by atomic mass is 32.2. The van der Waals surface area contributed by atoms with Gasteiger partial charge < -0.3 is 15.4 Å². The van der Waals surface area contributed by atoms with E-state index in [0.29, 0.717) is 17.4 Å². The number of carbonyl (C=O) groups is 1. The topological polar surface area (TPSA) is 98.7 Å². The Morgan fingerprint density at radius 2 is 2.32 bits per heavy atom. The molecule has 0 bridgehead atoms. The van der Waals surface area contributed by atoms with Crippen LogP contribution < -0.4 is 10.5 Å². The molecule has 2 atom stereocenters. The number of ether oxygens (including phenoxy) is 1. The van der Waals surface area contributed by atoms with E-state index in [1.54, 1.807) is 12.1 Å². The second-order valence-corrected chi connectivity index (χ2v) is 7.34. The van der Waals surface area contributed by atoms with Crippen LogP contribution in [0.5, 0.6) is 5.75 Å². The molecular weight excluding hydrogens is 342 g/mol. The molecule has 1 aromatic carbocycles. The van der Waals surface area contributed by atoms with Crippen molar-refractivity contribution in [1.82, 2.24) is 4.90 Å². The smallest absolute Gasteiger partial charge is 0.311 e. The number of nitro benzene ring substituents is 1. The Morgan fingerprint density at radius 3 is 2.96 bits per heavy atom. The van der Waals surface area contributed by atoms with Crippen molar-refractivity contribution in [2.75, 3.05) is 26.0 Å². The van der Waals surface area contributed by atoms with Gasteiger partial charge >= 0.3 is 5.69 Å². The lowest BCUT2D eigenvalue weighted by Gasteiger charge is -2.34. The summed E-state index contributed by atoms with van der Waals surface area (Å²) >= 11 is 1.47. The summed E-state index contributed by atoms with van der Waals surface area (Å²) in [6, 6.07) is 4.98. The van der Waals surface area contributed by atoms with Gasteiger partial charge in [0, 0.05) is 31.0 Å². The summed E-state index contributed by atoms with van der Waals surface area (Å²) in [7, 11) is 1.41. The van der Waals surface area contributed by atoms with Gasteiger partial charge in [-0.1, -0.05) is 6.07 Å². The number of piperidine rings is 1. The van der Waals surface area contributed by atoms with Gasteiger partial charge in [-0.15, -0.1) is 11.8 Å². The van der Waals surface area contributed by atoms with Gasteiger partial charge in [0.1, 0.15) is 0 Å².